The van der Waals surface area contributed by atoms with Crippen LogP contribution >= 0.6 is 11.6 Å². The highest BCUT2D eigenvalue weighted by Gasteiger charge is 2.26. The Morgan fingerprint density at radius 2 is 1.77 bits per heavy atom. The van der Waals surface area contributed by atoms with Crippen LogP contribution in [-0.4, -0.2) is 40.0 Å². The average molecular weight is 368 g/mol. The van der Waals surface area contributed by atoms with Crippen LogP contribution in [-0.2, 0) is 0 Å². The lowest BCUT2D eigenvalue weighted by molar-refractivity contribution is 0.0597. The first-order chi connectivity index (χ1) is 12.7. The van der Waals surface area contributed by atoms with Crippen molar-refractivity contribution in [1.29, 1.82) is 0 Å². The van der Waals surface area contributed by atoms with Gasteiger partial charge in [0.25, 0.3) is 5.91 Å². The maximum atomic E-state index is 12.9. The van der Waals surface area contributed by atoms with Crippen molar-refractivity contribution in [2.45, 2.75) is 18.9 Å². The van der Waals surface area contributed by atoms with Gasteiger partial charge in [0.1, 0.15) is 17.4 Å². The maximum Gasteiger partial charge on any atom is 0.256 e. The van der Waals surface area contributed by atoms with E-state index in [0.29, 0.717) is 29.2 Å². The first-order valence-electron chi connectivity index (χ1n) is 8.62. The molecule has 0 radical (unpaired) electrons. The number of benzene rings is 2. The monoisotopic (exact) mass is 367 g/mol. The van der Waals surface area contributed by atoms with Gasteiger partial charge in [0.2, 0.25) is 0 Å². The highest BCUT2D eigenvalue weighted by atomic mass is 35.5. The molecule has 3 aromatic rings. The second-order valence-corrected chi connectivity index (χ2v) is 6.73. The molecule has 1 amide bonds. The van der Waals surface area contributed by atoms with Crippen LogP contribution in [0.25, 0.3) is 11.0 Å². The molecule has 132 valence electrons. The van der Waals surface area contributed by atoms with Crippen LogP contribution in [0.5, 0.6) is 5.75 Å². The maximum absolute atomic E-state index is 12.9. The fourth-order valence-corrected chi connectivity index (χ4v) is 3.34. The average Bonchev–Trinajstić information content (AvgIpc) is 2.69. The number of rotatable bonds is 3. The van der Waals surface area contributed by atoms with Crippen molar-refractivity contribution in [3.8, 4) is 5.75 Å². The van der Waals surface area contributed by atoms with Gasteiger partial charge in [-0.2, -0.15) is 0 Å². The number of likely N-dealkylation sites (tertiary alicyclic amines) is 1. The number of carbonyl (C=O) groups excluding carboxylic acids is 1. The fourth-order valence-electron chi connectivity index (χ4n) is 3.22. The molecule has 26 heavy (non-hydrogen) atoms. The minimum Gasteiger partial charge on any atom is -0.490 e. The van der Waals surface area contributed by atoms with Gasteiger partial charge in [0.05, 0.1) is 11.1 Å². The molecule has 1 aliphatic rings. The van der Waals surface area contributed by atoms with E-state index in [2.05, 4.69) is 9.97 Å². The molecule has 1 aliphatic heterocycles. The van der Waals surface area contributed by atoms with Gasteiger partial charge < -0.3 is 9.64 Å². The van der Waals surface area contributed by atoms with Crippen molar-refractivity contribution in [1.82, 2.24) is 14.9 Å². The molecule has 0 N–H and O–H groups in total. The molecule has 0 unspecified atom stereocenters. The molecule has 0 spiro atoms. The van der Waals surface area contributed by atoms with Crippen molar-refractivity contribution in [3.63, 3.8) is 0 Å². The van der Waals surface area contributed by atoms with E-state index in [9.17, 15) is 4.79 Å². The first kappa shape index (κ1) is 16.8. The van der Waals surface area contributed by atoms with Crippen LogP contribution in [0.1, 0.15) is 23.2 Å². The number of fused-ring (bicyclic) bond motifs is 1. The molecule has 2 heterocycles. The van der Waals surface area contributed by atoms with Gasteiger partial charge in [-0.05, 0) is 36.4 Å². The quantitative estimate of drug-likeness (QED) is 0.703. The summed E-state index contributed by atoms with van der Waals surface area (Å²) in [7, 11) is 0. The first-order valence-corrected chi connectivity index (χ1v) is 9.00. The zero-order valence-electron chi connectivity index (χ0n) is 14.1. The number of nitrogens with zero attached hydrogens (tertiary/aromatic N) is 3. The third kappa shape index (κ3) is 3.48. The van der Waals surface area contributed by atoms with Crippen molar-refractivity contribution < 1.29 is 9.53 Å². The number of piperidine rings is 1. The Balaban J connectivity index is 1.42. The molecule has 6 heteroatoms. The molecule has 5 nitrogen and oxygen atoms in total. The molecule has 2 aromatic carbocycles. The summed E-state index contributed by atoms with van der Waals surface area (Å²) in [6.07, 6.45) is 4.95. The molecule has 0 aliphatic carbocycles. The zero-order valence-corrected chi connectivity index (χ0v) is 14.9. The number of halogens is 1. The number of aromatic nitrogens is 2. The molecule has 0 atom stereocenters. The topological polar surface area (TPSA) is 55.3 Å². The summed E-state index contributed by atoms with van der Waals surface area (Å²) >= 11 is 5.90. The standard InChI is InChI=1S/C20H18ClN3O2/c21-14-4-6-15(7-5-14)26-16-8-12-24(13-9-16)20(25)17-2-1-3-18-19(17)23-11-10-22-18/h1-7,10-11,16H,8-9,12-13H2. The lowest BCUT2D eigenvalue weighted by atomic mass is 10.1. The van der Waals surface area contributed by atoms with Crippen LogP contribution in [0, 0.1) is 0 Å². The zero-order chi connectivity index (χ0) is 17.9. The van der Waals surface area contributed by atoms with Gasteiger partial charge in [0.15, 0.2) is 0 Å². The summed E-state index contributed by atoms with van der Waals surface area (Å²) in [5.41, 5.74) is 1.99. The molecule has 4 rings (SSSR count). The van der Waals surface area contributed by atoms with E-state index < -0.39 is 0 Å². The summed E-state index contributed by atoms with van der Waals surface area (Å²) < 4.78 is 6.00. The Labute approximate surface area is 156 Å². The van der Waals surface area contributed by atoms with Crippen LogP contribution in [0.4, 0.5) is 0 Å². The Kier molecular flexibility index (Phi) is 4.71. The number of hydrogen-bond acceptors (Lipinski definition) is 4. The number of para-hydroxylation sites is 1. The molecular formula is C20H18ClN3O2. The number of carbonyl (C=O) groups is 1. The summed E-state index contributed by atoms with van der Waals surface area (Å²) in [6, 6.07) is 12.9. The molecule has 1 fully saturated rings. The predicted molar refractivity (Wildman–Crippen MR) is 101 cm³/mol. The van der Waals surface area contributed by atoms with Crippen LogP contribution < -0.4 is 4.74 Å². The van der Waals surface area contributed by atoms with E-state index in [0.717, 1.165) is 24.1 Å². The van der Waals surface area contributed by atoms with E-state index >= 15 is 0 Å². The van der Waals surface area contributed by atoms with Crippen molar-refractivity contribution in [2.75, 3.05) is 13.1 Å². The Morgan fingerprint density at radius 1 is 1.04 bits per heavy atom. The summed E-state index contributed by atoms with van der Waals surface area (Å²) in [6.45, 7) is 1.32. The van der Waals surface area contributed by atoms with Crippen LogP contribution in [0.3, 0.4) is 0 Å². The highest BCUT2D eigenvalue weighted by Crippen LogP contribution is 2.23. The van der Waals surface area contributed by atoms with E-state index in [1.165, 1.54) is 0 Å². The fraction of sp³-hybridized carbons (Fsp3) is 0.250. The largest absolute Gasteiger partial charge is 0.490 e. The Bertz CT molecular complexity index is 916. The molecular weight excluding hydrogens is 350 g/mol. The lowest BCUT2D eigenvalue weighted by Gasteiger charge is -2.32. The van der Waals surface area contributed by atoms with Crippen molar-refractivity contribution in [3.05, 3.63) is 65.4 Å². The third-order valence-corrected chi connectivity index (χ3v) is 4.83. The second-order valence-electron chi connectivity index (χ2n) is 6.29. The minimum atomic E-state index is 0.000966. The van der Waals surface area contributed by atoms with E-state index in [-0.39, 0.29) is 12.0 Å². The summed E-state index contributed by atoms with van der Waals surface area (Å²) in [5, 5.41) is 0.691. The number of ether oxygens (including phenoxy) is 1. The molecule has 0 saturated carbocycles. The minimum absolute atomic E-state index is 0.000966. The number of hydrogen-bond donors (Lipinski definition) is 0. The number of amides is 1. The second kappa shape index (κ2) is 7.30. The third-order valence-electron chi connectivity index (χ3n) is 4.57. The van der Waals surface area contributed by atoms with E-state index in [1.54, 1.807) is 12.4 Å². The van der Waals surface area contributed by atoms with Gasteiger partial charge in [-0.25, -0.2) is 0 Å². The summed E-state index contributed by atoms with van der Waals surface area (Å²) in [4.78, 5) is 23.4. The highest BCUT2D eigenvalue weighted by molar-refractivity contribution is 6.30. The van der Waals surface area contributed by atoms with Gasteiger partial charge in [-0.15, -0.1) is 0 Å². The smallest absolute Gasteiger partial charge is 0.256 e. The summed E-state index contributed by atoms with van der Waals surface area (Å²) in [5.74, 6) is 0.810. The van der Waals surface area contributed by atoms with E-state index in [1.807, 2.05) is 47.4 Å². The molecule has 1 aromatic heterocycles. The van der Waals surface area contributed by atoms with E-state index in [4.69, 9.17) is 16.3 Å². The van der Waals surface area contributed by atoms with Gasteiger partial charge in [-0.3, -0.25) is 14.8 Å². The predicted octanol–water partition coefficient (Wildman–Crippen LogP) is 3.97. The Morgan fingerprint density at radius 3 is 2.54 bits per heavy atom. The molecule has 0 bridgehead atoms. The van der Waals surface area contributed by atoms with Gasteiger partial charge in [-0.1, -0.05) is 17.7 Å². The molecule has 1 saturated heterocycles. The lowest BCUT2D eigenvalue weighted by Crippen LogP contribution is -2.41. The SMILES string of the molecule is O=C(c1cccc2nccnc12)N1CCC(Oc2ccc(Cl)cc2)CC1. The van der Waals surface area contributed by atoms with Gasteiger partial charge in [0, 0.05) is 43.3 Å². The van der Waals surface area contributed by atoms with Crippen LogP contribution in [0.15, 0.2) is 54.9 Å². The normalized spacial score (nSPS) is 15.2. The van der Waals surface area contributed by atoms with Crippen LogP contribution in [0.2, 0.25) is 5.02 Å². The van der Waals surface area contributed by atoms with Crippen molar-refractivity contribution in [2.24, 2.45) is 0 Å². The Hall–Kier alpha value is -2.66. The van der Waals surface area contributed by atoms with Gasteiger partial charge >= 0.3 is 0 Å². The van der Waals surface area contributed by atoms with Crippen molar-refractivity contribution >= 4 is 28.5 Å².